The van der Waals surface area contributed by atoms with Crippen molar-refractivity contribution in [2.75, 3.05) is 19.8 Å². The lowest BCUT2D eigenvalue weighted by Crippen LogP contribution is -2.47. The molecular formula is C25H30F6N2O2. The number of carbonyl (C=O) groups excluding carboxylic acids is 1. The van der Waals surface area contributed by atoms with Crippen molar-refractivity contribution in [3.63, 3.8) is 0 Å². The second-order valence-electron chi connectivity index (χ2n) is 10.0. The van der Waals surface area contributed by atoms with Crippen molar-refractivity contribution in [2.24, 2.45) is 11.3 Å². The van der Waals surface area contributed by atoms with Crippen molar-refractivity contribution < 1.29 is 35.9 Å². The number of nitrogens with one attached hydrogen (secondary N) is 1. The Bertz CT molecular complexity index is 995. The van der Waals surface area contributed by atoms with Gasteiger partial charge in [0.25, 0.3) is 0 Å². The summed E-state index contributed by atoms with van der Waals surface area (Å²) in [6, 6.07) is 1.20. The van der Waals surface area contributed by atoms with Crippen LogP contribution in [-0.4, -0.2) is 36.6 Å². The highest BCUT2D eigenvalue weighted by Gasteiger charge is 2.47. The van der Waals surface area contributed by atoms with Crippen molar-refractivity contribution >= 4 is 5.91 Å². The van der Waals surface area contributed by atoms with Gasteiger partial charge in [0.05, 0.1) is 16.5 Å². The zero-order valence-electron chi connectivity index (χ0n) is 19.8. The van der Waals surface area contributed by atoms with Gasteiger partial charge in [-0.2, -0.15) is 26.3 Å². The number of ether oxygens (including phenoxy) is 1. The van der Waals surface area contributed by atoms with E-state index >= 15 is 0 Å². The van der Waals surface area contributed by atoms with Crippen molar-refractivity contribution in [3.05, 3.63) is 46.2 Å². The molecule has 194 valence electrons. The van der Waals surface area contributed by atoms with Crippen LogP contribution >= 0.6 is 0 Å². The summed E-state index contributed by atoms with van der Waals surface area (Å²) in [6.07, 6.45) is -5.07. The summed E-state index contributed by atoms with van der Waals surface area (Å²) >= 11 is 0. The van der Waals surface area contributed by atoms with Crippen LogP contribution < -0.4 is 5.32 Å². The van der Waals surface area contributed by atoms with E-state index in [2.05, 4.69) is 5.32 Å². The Morgan fingerprint density at radius 3 is 2.37 bits per heavy atom. The van der Waals surface area contributed by atoms with Crippen LogP contribution in [0.3, 0.4) is 0 Å². The molecule has 1 fully saturated rings. The first kappa shape index (κ1) is 25.9. The molecule has 0 spiro atoms. The molecule has 1 aliphatic carbocycles. The molecule has 1 N–H and O–H groups in total. The molecule has 4 nitrogen and oxygen atoms in total. The lowest BCUT2D eigenvalue weighted by molar-refractivity contribution is -0.144. The predicted molar refractivity (Wildman–Crippen MR) is 117 cm³/mol. The molecule has 1 aromatic carbocycles. The summed E-state index contributed by atoms with van der Waals surface area (Å²) in [5.41, 5.74) is -2.74. The summed E-state index contributed by atoms with van der Waals surface area (Å²) in [5.74, 6) is -0.328. The molecule has 1 atom stereocenters. The molecule has 3 aliphatic rings. The van der Waals surface area contributed by atoms with Crippen molar-refractivity contribution in [3.8, 4) is 0 Å². The van der Waals surface area contributed by atoms with E-state index in [1.807, 2.05) is 19.9 Å². The number of alkyl halides is 6. The van der Waals surface area contributed by atoms with E-state index < -0.39 is 28.9 Å². The second kappa shape index (κ2) is 9.33. The highest BCUT2D eigenvalue weighted by Crippen LogP contribution is 2.45. The van der Waals surface area contributed by atoms with E-state index in [-0.39, 0.29) is 54.6 Å². The van der Waals surface area contributed by atoms with E-state index in [0.717, 1.165) is 24.6 Å². The SMILES string of the molecule is CC(C)C1(C(=O)N2CCc3c(cc(C(F)(F)F)cc3C(F)(F)F)C2)C=C(NC2CCOCC2)CC1. The van der Waals surface area contributed by atoms with Crippen LogP contribution in [0.4, 0.5) is 26.3 Å². The first-order valence-electron chi connectivity index (χ1n) is 12.0. The van der Waals surface area contributed by atoms with Crippen molar-refractivity contribution in [2.45, 2.75) is 70.9 Å². The Kier molecular flexibility index (Phi) is 6.89. The number of carbonyl (C=O) groups is 1. The molecule has 1 amide bonds. The topological polar surface area (TPSA) is 41.6 Å². The van der Waals surface area contributed by atoms with Crippen LogP contribution in [0.1, 0.15) is 61.8 Å². The third-order valence-electron chi connectivity index (χ3n) is 7.53. The van der Waals surface area contributed by atoms with E-state index in [1.165, 1.54) is 4.90 Å². The molecule has 0 radical (unpaired) electrons. The van der Waals surface area contributed by atoms with Gasteiger partial charge in [0, 0.05) is 38.0 Å². The largest absolute Gasteiger partial charge is 0.416 e. The first-order chi connectivity index (χ1) is 16.3. The lowest BCUT2D eigenvalue weighted by atomic mass is 9.75. The number of nitrogens with zero attached hydrogens (tertiary/aromatic N) is 1. The maximum atomic E-state index is 13.8. The van der Waals surface area contributed by atoms with Crippen LogP contribution in [0.5, 0.6) is 0 Å². The normalized spacial score (nSPS) is 23.9. The number of fused-ring (bicyclic) bond motifs is 1. The zero-order valence-corrected chi connectivity index (χ0v) is 19.8. The Morgan fingerprint density at radius 2 is 1.77 bits per heavy atom. The van der Waals surface area contributed by atoms with E-state index in [4.69, 9.17) is 4.74 Å². The molecule has 2 heterocycles. The van der Waals surface area contributed by atoms with Gasteiger partial charge in [0.2, 0.25) is 5.91 Å². The Labute approximate surface area is 200 Å². The fourth-order valence-corrected chi connectivity index (χ4v) is 5.47. The van der Waals surface area contributed by atoms with E-state index in [9.17, 15) is 31.1 Å². The van der Waals surface area contributed by atoms with Crippen LogP contribution in [0, 0.1) is 11.3 Å². The fraction of sp³-hybridized carbons (Fsp3) is 0.640. The monoisotopic (exact) mass is 504 g/mol. The van der Waals surface area contributed by atoms with Crippen LogP contribution in [0.2, 0.25) is 0 Å². The Hall–Kier alpha value is -2.23. The highest BCUT2D eigenvalue weighted by atomic mass is 19.4. The number of halogens is 6. The highest BCUT2D eigenvalue weighted by molar-refractivity contribution is 5.86. The van der Waals surface area contributed by atoms with Gasteiger partial charge in [-0.1, -0.05) is 13.8 Å². The van der Waals surface area contributed by atoms with Crippen LogP contribution in [0.25, 0.3) is 0 Å². The minimum absolute atomic E-state index is 0.0330. The van der Waals surface area contributed by atoms with Gasteiger partial charge >= 0.3 is 12.4 Å². The molecule has 1 aromatic rings. The standard InChI is InChI=1S/C25H30F6N2O2/c1-15(2)23(7-3-19(13-23)32-18-5-9-35-10-6-18)22(34)33-8-4-20-16(14-33)11-17(24(26,27)28)12-21(20)25(29,30)31/h11-13,15,18,32H,3-10,14H2,1-2H3. The minimum atomic E-state index is -4.92. The van der Waals surface area contributed by atoms with Crippen LogP contribution in [-0.2, 0) is 34.8 Å². The van der Waals surface area contributed by atoms with E-state index in [1.54, 1.807) is 0 Å². The number of allylic oxidation sites excluding steroid dienone is 1. The summed E-state index contributed by atoms with van der Waals surface area (Å²) in [4.78, 5) is 15.2. The summed E-state index contributed by atoms with van der Waals surface area (Å²) in [5, 5.41) is 3.51. The average Bonchev–Trinajstić information content (AvgIpc) is 3.22. The second-order valence-corrected chi connectivity index (χ2v) is 10.0. The maximum Gasteiger partial charge on any atom is 0.416 e. The Morgan fingerprint density at radius 1 is 1.09 bits per heavy atom. The summed E-state index contributed by atoms with van der Waals surface area (Å²) in [7, 11) is 0. The Balaban J connectivity index is 1.61. The summed E-state index contributed by atoms with van der Waals surface area (Å²) < 4.78 is 86.2. The molecule has 0 aromatic heterocycles. The quantitative estimate of drug-likeness (QED) is 0.535. The van der Waals surface area contributed by atoms with Gasteiger partial charge in [-0.05, 0) is 67.4 Å². The summed E-state index contributed by atoms with van der Waals surface area (Å²) in [6.45, 7) is 4.95. The number of hydrogen-bond donors (Lipinski definition) is 1. The molecule has 0 saturated carbocycles. The number of hydrogen-bond acceptors (Lipinski definition) is 3. The molecular weight excluding hydrogens is 474 g/mol. The third-order valence-corrected chi connectivity index (χ3v) is 7.53. The lowest BCUT2D eigenvalue weighted by Gasteiger charge is -2.39. The van der Waals surface area contributed by atoms with Crippen molar-refractivity contribution in [1.29, 1.82) is 0 Å². The molecule has 0 bridgehead atoms. The zero-order chi connectivity index (χ0) is 25.6. The molecule has 4 rings (SSSR count). The third kappa shape index (κ3) is 5.17. The molecule has 35 heavy (non-hydrogen) atoms. The van der Waals surface area contributed by atoms with Gasteiger partial charge in [0.15, 0.2) is 0 Å². The molecule has 2 aliphatic heterocycles. The average molecular weight is 505 g/mol. The van der Waals surface area contributed by atoms with Crippen LogP contribution in [0.15, 0.2) is 23.9 Å². The van der Waals surface area contributed by atoms with Gasteiger partial charge in [-0.25, -0.2) is 0 Å². The van der Waals surface area contributed by atoms with Gasteiger partial charge in [-0.3, -0.25) is 4.79 Å². The molecule has 1 saturated heterocycles. The number of amides is 1. The maximum absolute atomic E-state index is 13.8. The molecule has 1 unspecified atom stereocenters. The van der Waals surface area contributed by atoms with Gasteiger partial charge < -0.3 is 15.0 Å². The number of benzene rings is 1. The first-order valence-corrected chi connectivity index (χ1v) is 12.0. The predicted octanol–water partition coefficient (Wildman–Crippen LogP) is 5.70. The van der Waals surface area contributed by atoms with Gasteiger partial charge in [0.1, 0.15) is 0 Å². The van der Waals surface area contributed by atoms with Gasteiger partial charge in [-0.15, -0.1) is 0 Å². The van der Waals surface area contributed by atoms with Crippen molar-refractivity contribution in [1.82, 2.24) is 10.2 Å². The minimum Gasteiger partial charge on any atom is -0.386 e. The molecule has 10 heteroatoms. The fourth-order valence-electron chi connectivity index (χ4n) is 5.47. The smallest absolute Gasteiger partial charge is 0.386 e. The van der Waals surface area contributed by atoms with E-state index in [0.29, 0.717) is 26.1 Å². The number of rotatable bonds is 4.